The fourth-order valence-electron chi connectivity index (χ4n) is 3.06. The summed E-state index contributed by atoms with van der Waals surface area (Å²) in [4.78, 5) is 14.5. The lowest BCUT2D eigenvalue weighted by Crippen LogP contribution is -2.51. The summed E-state index contributed by atoms with van der Waals surface area (Å²) in [6.07, 6.45) is 0. The van der Waals surface area contributed by atoms with Crippen molar-refractivity contribution >= 4 is 5.91 Å². The summed E-state index contributed by atoms with van der Waals surface area (Å²) >= 11 is 0. The minimum atomic E-state index is 0.121. The van der Waals surface area contributed by atoms with Gasteiger partial charge in [-0.3, -0.25) is 9.48 Å². The molecular formula is C18H24N4O. The van der Waals surface area contributed by atoms with E-state index in [9.17, 15) is 4.79 Å². The first-order valence-corrected chi connectivity index (χ1v) is 8.15. The summed E-state index contributed by atoms with van der Waals surface area (Å²) in [7, 11) is 0. The molecule has 1 amide bonds. The van der Waals surface area contributed by atoms with Crippen molar-refractivity contribution in [1.82, 2.24) is 20.0 Å². The van der Waals surface area contributed by atoms with Crippen LogP contribution in [-0.4, -0.2) is 46.3 Å². The van der Waals surface area contributed by atoms with E-state index >= 15 is 0 Å². The highest BCUT2D eigenvalue weighted by molar-refractivity contribution is 5.94. The van der Waals surface area contributed by atoms with E-state index < -0.39 is 0 Å². The zero-order valence-electron chi connectivity index (χ0n) is 14.0. The van der Waals surface area contributed by atoms with E-state index in [1.54, 1.807) is 0 Å². The van der Waals surface area contributed by atoms with Crippen LogP contribution in [0.25, 0.3) is 0 Å². The van der Waals surface area contributed by atoms with Crippen LogP contribution in [0.5, 0.6) is 0 Å². The van der Waals surface area contributed by atoms with Gasteiger partial charge >= 0.3 is 0 Å². The van der Waals surface area contributed by atoms with Crippen molar-refractivity contribution < 1.29 is 4.79 Å². The van der Waals surface area contributed by atoms with Crippen molar-refractivity contribution in [3.63, 3.8) is 0 Å². The molecule has 1 aliphatic rings. The van der Waals surface area contributed by atoms with Gasteiger partial charge in [-0.1, -0.05) is 12.1 Å². The van der Waals surface area contributed by atoms with Gasteiger partial charge in [0.25, 0.3) is 5.91 Å². The Bertz CT molecular complexity index is 690. The van der Waals surface area contributed by atoms with Crippen LogP contribution in [0.15, 0.2) is 30.3 Å². The lowest BCUT2D eigenvalue weighted by atomic mass is 10.1. The summed E-state index contributed by atoms with van der Waals surface area (Å²) < 4.78 is 1.99. The minimum absolute atomic E-state index is 0.121. The lowest BCUT2D eigenvalue weighted by Gasteiger charge is -2.32. The van der Waals surface area contributed by atoms with Crippen molar-refractivity contribution in [2.45, 2.75) is 33.4 Å². The predicted octanol–water partition coefficient (Wildman–Crippen LogP) is 1.98. The smallest absolute Gasteiger partial charge is 0.253 e. The van der Waals surface area contributed by atoms with E-state index in [0.717, 1.165) is 48.7 Å². The number of amides is 1. The Labute approximate surface area is 137 Å². The van der Waals surface area contributed by atoms with Crippen molar-refractivity contribution in [3.05, 3.63) is 52.8 Å². The van der Waals surface area contributed by atoms with Crippen LogP contribution in [-0.2, 0) is 6.54 Å². The van der Waals surface area contributed by atoms with Gasteiger partial charge < -0.3 is 10.2 Å². The van der Waals surface area contributed by atoms with Gasteiger partial charge in [-0.15, -0.1) is 0 Å². The molecule has 2 heterocycles. The number of piperazine rings is 1. The molecule has 1 aromatic heterocycles. The van der Waals surface area contributed by atoms with Gasteiger partial charge in [-0.25, -0.2) is 0 Å². The molecule has 23 heavy (non-hydrogen) atoms. The quantitative estimate of drug-likeness (QED) is 0.943. The number of carbonyl (C=O) groups excluding carboxylic acids is 1. The Morgan fingerprint density at radius 3 is 2.65 bits per heavy atom. The molecule has 1 aliphatic heterocycles. The average Bonchev–Trinajstić information content (AvgIpc) is 2.85. The van der Waals surface area contributed by atoms with Crippen LogP contribution >= 0.6 is 0 Å². The Kier molecular flexibility index (Phi) is 4.48. The number of nitrogens with zero attached hydrogens (tertiary/aromatic N) is 3. The molecular weight excluding hydrogens is 288 g/mol. The second-order valence-corrected chi connectivity index (χ2v) is 6.39. The third-order valence-corrected chi connectivity index (χ3v) is 4.29. The molecule has 1 aromatic carbocycles. The first-order valence-electron chi connectivity index (χ1n) is 8.15. The third kappa shape index (κ3) is 3.62. The molecule has 0 aliphatic carbocycles. The molecule has 2 aromatic rings. The van der Waals surface area contributed by atoms with Crippen LogP contribution in [0, 0.1) is 13.8 Å². The van der Waals surface area contributed by atoms with E-state index in [1.165, 1.54) is 0 Å². The normalized spacial score (nSPS) is 18.2. The van der Waals surface area contributed by atoms with Gasteiger partial charge in [-0.05, 0) is 44.5 Å². The van der Waals surface area contributed by atoms with Crippen LogP contribution in [0.1, 0.15) is 34.2 Å². The predicted molar refractivity (Wildman–Crippen MR) is 90.6 cm³/mol. The highest BCUT2D eigenvalue weighted by atomic mass is 16.2. The highest BCUT2D eigenvalue weighted by Crippen LogP contribution is 2.12. The van der Waals surface area contributed by atoms with E-state index in [2.05, 4.69) is 30.3 Å². The Hall–Kier alpha value is -2.14. The second kappa shape index (κ2) is 6.54. The third-order valence-electron chi connectivity index (χ3n) is 4.29. The Morgan fingerprint density at radius 2 is 2.04 bits per heavy atom. The Morgan fingerprint density at radius 1 is 1.30 bits per heavy atom. The number of hydrogen-bond donors (Lipinski definition) is 1. The molecule has 0 saturated carbocycles. The van der Waals surface area contributed by atoms with Gasteiger partial charge in [0.1, 0.15) is 0 Å². The van der Waals surface area contributed by atoms with Gasteiger partial charge in [0.2, 0.25) is 0 Å². The molecule has 1 unspecified atom stereocenters. The molecule has 5 heteroatoms. The summed E-state index contributed by atoms with van der Waals surface area (Å²) in [5, 5.41) is 7.84. The highest BCUT2D eigenvalue weighted by Gasteiger charge is 2.21. The molecule has 1 atom stereocenters. The van der Waals surface area contributed by atoms with Crippen LogP contribution in [0.4, 0.5) is 0 Å². The molecule has 0 bridgehead atoms. The van der Waals surface area contributed by atoms with Crippen molar-refractivity contribution in [2.75, 3.05) is 19.6 Å². The fraction of sp³-hybridized carbons (Fsp3) is 0.444. The number of aromatic nitrogens is 2. The molecule has 122 valence electrons. The zero-order valence-corrected chi connectivity index (χ0v) is 14.0. The number of carbonyl (C=O) groups is 1. The molecule has 1 fully saturated rings. The van der Waals surface area contributed by atoms with Gasteiger partial charge in [-0.2, -0.15) is 5.10 Å². The molecule has 1 saturated heterocycles. The number of rotatable bonds is 3. The molecule has 5 nitrogen and oxygen atoms in total. The van der Waals surface area contributed by atoms with Crippen molar-refractivity contribution in [2.24, 2.45) is 0 Å². The van der Waals surface area contributed by atoms with Gasteiger partial charge in [0, 0.05) is 36.9 Å². The maximum absolute atomic E-state index is 12.6. The lowest BCUT2D eigenvalue weighted by molar-refractivity contribution is 0.0709. The van der Waals surface area contributed by atoms with E-state index in [1.807, 2.05) is 40.8 Å². The molecule has 0 radical (unpaired) electrons. The van der Waals surface area contributed by atoms with Crippen LogP contribution in [0.2, 0.25) is 0 Å². The number of nitrogens with one attached hydrogen (secondary N) is 1. The summed E-state index contributed by atoms with van der Waals surface area (Å²) in [5.74, 6) is 0.121. The molecule has 0 spiro atoms. The number of aryl methyl sites for hydroxylation is 2. The standard InChI is InChI=1S/C18H24N4O/c1-13-10-15(3)22(20-13)12-16-4-6-17(7-5-16)18(23)21-9-8-19-14(2)11-21/h4-7,10,14,19H,8-9,11-12H2,1-3H3. The minimum Gasteiger partial charge on any atom is -0.336 e. The van der Waals surface area contributed by atoms with Gasteiger partial charge in [0.15, 0.2) is 0 Å². The van der Waals surface area contributed by atoms with Gasteiger partial charge in [0.05, 0.1) is 12.2 Å². The largest absolute Gasteiger partial charge is 0.336 e. The summed E-state index contributed by atoms with van der Waals surface area (Å²) in [6, 6.07) is 10.3. The molecule has 3 rings (SSSR count). The summed E-state index contributed by atoms with van der Waals surface area (Å²) in [6.45, 7) is 9.31. The van der Waals surface area contributed by atoms with E-state index in [4.69, 9.17) is 0 Å². The van der Waals surface area contributed by atoms with E-state index in [0.29, 0.717) is 6.04 Å². The summed E-state index contributed by atoms with van der Waals surface area (Å²) in [5.41, 5.74) is 4.09. The van der Waals surface area contributed by atoms with Crippen LogP contribution in [0.3, 0.4) is 0 Å². The van der Waals surface area contributed by atoms with Crippen molar-refractivity contribution in [1.29, 1.82) is 0 Å². The maximum atomic E-state index is 12.6. The van der Waals surface area contributed by atoms with Crippen LogP contribution < -0.4 is 5.32 Å². The zero-order chi connectivity index (χ0) is 16.4. The monoisotopic (exact) mass is 312 g/mol. The SMILES string of the molecule is Cc1cc(C)n(Cc2ccc(C(=O)N3CCNC(C)C3)cc2)n1. The second-order valence-electron chi connectivity index (χ2n) is 6.39. The van der Waals surface area contributed by atoms with Crippen molar-refractivity contribution in [3.8, 4) is 0 Å². The number of benzene rings is 1. The Balaban J connectivity index is 1.69. The first kappa shape index (κ1) is 15.7. The first-order chi connectivity index (χ1) is 11.0. The molecule has 1 N–H and O–H groups in total. The fourth-order valence-corrected chi connectivity index (χ4v) is 3.06. The number of hydrogen-bond acceptors (Lipinski definition) is 3. The maximum Gasteiger partial charge on any atom is 0.253 e. The average molecular weight is 312 g/mol. The topological polar surface area (TPSA) is 50.2 Å². The van der Waals surface area contributed by atoms with E-state index in [-0.39, 0.29) is 5.91 Å².